The molecule has 0 radical (unpaired) electrons. The molecule has 0 bridgehead atoms. The van der Waals surface area contributed by atoms with Crippen LogP contribution in [0.2, 0.25) is 0 Å². The van der Waals surface area contributed by atoms with Gasteiger partial charge in [0, 0.05) is 22.5 Å². The fraction of sp³-hybridized carbons (Fsp3) is 0. The van der Waals surface area contributed by atoms with Crippen LogP contribution in [0.1, 0.15) is 5.56 Å². The van der Waals surface area contributed by atoms with Crippen molar-refractivity contribution in [2.24, 2.45) is 0 Å². The van der Waals surface area contributed by atoms with E-state index in [1.807, 2.05) is 24.3 Å². The van der Waals surface area contributed by atoms with Crippen LogP contribution in [0.5, 0.6) is 0 Å². The normalized spacial score (nSPS) is 10.6. The van der Waals surface area contributed by atoms with Crippen LogP contribution in [0.3, 0.4) is 0 Å². The number of aromatic nitrogens is 2. The lowest BCUT2D eigenvalue weighted by Gasteiger charge is -1.90. The Bertz CT molecular complexity index is 689. The lowest BCUT2D eigenvalue weighted by molar-refractivity contribution is 1.35. The molecule has 0 aliphatic carbocycles. The summed E-state index contributed by atoms with van der Waals surface area (Å²) in [6.45, 7) is 0. The standard InChI is InChI=1S/C12H7N3/c13-7-8-3-4-11-10(6-8)9-2-1-5-14-12(9)15-11/h1-6H,(H,14,15). The highest BCUT2D eigenvalue weighted by atomic mass is 14.8. The van der Waals surface area contributed by atoms with Gasteiger partial charge in [-0.05, 0) is 30.3 Å². The average Bonchev–Trinajstić information content (AvgIpc) is 2.66. The molecule has 2 aromatic heterocycles. The van der Waals surface area contributed by atoms with Gasteiger partial charge in [0.2, 0.25) is 0 Å². The molecule has 3 heteroatoms. The molecule has 0 aliphatic rings. The molecule has 0 unspecified atom stereocenters. The SMILES string of the molecule is N#Cc1ccc2[nH]c3ncccc3c2c1. The molecule has 0 atom stereocenters. The maximum Gasteiger partial charge on any atom is 0.138 e. The second-order valence-corrected chi connectivity index (χ2v) is 3.40. The Hall–Kier alpha value is -2.34. The van der Waals surface area contributed by atoms with Gasteiger partial charge in [0.05, 0.1) is 11.6 Å². The quantitative estimate of drug-likeness (QED) is 0.596. The number of rotatable bonds is 0. The zero-order valence-corrected chi connectivity index (χ0v) is 7.86. The van der Waals surface area contributed by atoms with Crippen LogP contribution in [-0.2, 0) is 0 Å². The maximum absolute atomic E-state index is 8.83. The predicted octanol–water partition coefficient (Wildman–Crippen LogP) is 2.59. The minimum Gasteiger partial charge on any atom is -0.339 e. The Labute approximate surface area is 86.0 Å². The summed E-state index contributed by atoms with van der Waals surface area (Å²) in [6.07, 6.45) is 1.75. The molecular weight excluding hydrogens is 186 g/mol. The lowest BCUT2D eigenvalue weighted by Crippen LogP contribution is -1.72. The molecule has 0 amide bonds. The number of hydrogen-bond acceptors (Lipinski definition) is 2. The first-order valence-electron chi connectivity index (χ1n) is 4.65. The molecule has 3 rings (SSSR count). The number of benzene rings is 1. The van der Waals surface area contributed by atoms with Crippen LogP contribution in [0.15, 0.2) is 36.5 Å². The van der Waals surface area contributed by atoms with Crippen molar-refractivity contribution in [2.75, 3.05) is 0 Å². The van der Waals surface area contributed by atoms with E-state index < -0.39 is 0 Å². The summed E-state index contributed by atoms with van der Waals surface area (Å²) in [4.78, 5) is 7.44. The van der Waals surface area contributed by atoms with Gasteiger partial charge in [0.25, 0.3) is 0 Å². The molecule has 15 heavy (non-hydrogen) atoms. The first-order valence-corrected chi connectivity index (χ1v) is 4.65. The van der Waals surface area contributed by atoms with Crippen molar-refractivity contribution in [1.29, 1.82) is 5.26 Å². The second-order valence-electron chi connectivity index (χ2n) is 3.40. The van der Waals surface area contributed by atoms with Crippen LogP contribution >= 0.6 is 0 Å². The van der Waals surface area contributed by atoms with Crippen molar-refractivity contribution in [3.8, 4) is 6.07 Å². The third-order valence-electron chi connectivity index (χ3n) is 2.50. The zero-order valence-electron chi connectivity index (χ0n) is 7.86. The Morgan fingerprint density at radius 2 is 2.13 bits per heavy atom. The first-order chi connectivity index (χ1) is 7.38. The third kappa shape index (κ3) is 1.09. The van der Waals surface area contributed by atoms with Crippen LogP contribution in [0.4, 0.5) is 0 Å². The van der Waals surface area contributed by atoms with Crippen molar-refractivity contribution in [1.82, 2.24) is 9.97 Å². The molecule has 0 aliphatic heterocycles. The Morgan fingerprint density at radius 3 is 3.00 bits per heavy atom. The number of fused-ring (bicyclic) bond motifs is 3. The van der Waals surface area contributed by atoms with Gasteiger partial charge in [-0.2, -0.15) is 5.26 Å². The topological polar surface area (TPSA) is 52.5 Å². The number of H-pyrrole nitrogens is 1. The van der Waals surface area contributed by atoms with Gasteiger partial charge < -0.3 is 4.98 Å². The molecule has 0 spiro atoms. The molecule has 1 N–H and O–H groups in total. The molecule has 3 aromatic rings. The number of nitrogens with zero attached hydrogens (tertiary/aromatic N) is 2. The van der Waals surface area contributed by atoms with Crippen LogP contribution in [-0.4, -0.2) is 9.97 Å². The monoisotopic (exact) mass is 193 g/mol. The summed E-state index contributed by atoms with van der Waals surface area (Å²) in [5.74, 6) is 0. The average molecular weight is 193 g/mol. The number of nitriles is 1. The summed E-state index contributed by atoms with van der Waals surface area (Å²) >= 11 is 0. The summed E-state index contributed by atoms with van der Waals surface area (Å²) in [7, 11) is 0. The number of hydrogen-bond donors (Lipinski definition) is 1. The highest BCUT2D eigenvalue weighted by Crippen LogP contribution is 2.24. The van der Waals surface area contributed by atoms with Gasteiger partial charge in [0.1, 0.15) is 5.65 Å². The fourth-order valence-corrected chi connectivity index (χ4v) is 1.80. The van der Waals surface area contributed by atoms with Gasteiger partial charge >= 0.3 is 0 Å². The first kappa shape index (κ1) is 8.01. The van der Waals surface area contributed by atoms with Crippen molar-refractivity contribution < 1.29 is 0 Å². The van der Waals surface area contributed by atoms with E-state index in [0.717, 1.165) is 21.9 Å². The summed E-state index contributed by atoms with van der Waals surface area (Å²) in [5, 5.41) is 10.9. The van der Waals surface area contributed by atoms with Gasteiger partial charge in [0.15, 0.2) is 0 Å². The van der Waals surface area contributed by atoms with E-state index in [0.29, 0.717) is 5.56 Å². The number of pyridine rings is 1. The number of aromatic amines is 1. The van der Waals surface area contributed by atoms with E-state index in [4.69, 9.17) is 5.26 Å². The van der Waals surface area contributed by atoms with Gasteiger partial charge in [-0.1, -0.05) is 0 Å². The summed E-state index contributed by atoms with van der Waals surface area (Å²) in [5.41, 5.74) is 2.55. The van der Waals surface area contributed by atoms with Gasteiger partial charge in [-0.25, -0.2) is 4.98 Å². The molecule has 1 aromatic carbocycles. The molecule has 2 heterocycles. The minimum absolute atomic E-state index is 0.673. The minimum atomic E-state index is 0.673. The number of nitrogens with one attached hydrogen (secondary N) is 1. The smallest absolute Gasteiger partial charge is 0.138 e. The second kappa shape index (κ2) is 2.82. The third-order valence-corrected chi connectivity index (χ3v) is 2.50. The lowest BCUT2D eigenvalue weighted by atomic mass is 10.1. The molecule has 3 nitrogen and oxygen atoms in total. The summed E-state index contributed by atoms with van der Waals surface area (Å²) in [6, 6.07) is 11.6. The fourth-order valence-electron chi connectivity index (χ4n) is 1.80. The van der Waals surface area contributed by atoms with Gasteiger partial charge in [-0.3, -0.25) is 0 Å². The van der Waals surface area contributed by atoms with E-state index in [-0.39, 0.29) is 0 Å². The van der Waals surface area contributed by atoms with Crippen molar-refractivity contribution >= 4 is 21.9 Å². The molecule has 0 fully saturated rings. The van der Waals surface area contributed by atoms with E-state index in [2.05, 4.69) is 16.0 Å². The van der Waals surface area contributed by atoms with Gasteiger partial charge in [-0.15, -0.1) is 0 Å². The predicted molar refractivity (Wildman–Crippen MR) is 58.3 cm³/mol. The molecular formula is C12H7N3. The van der Waals surface area contributed by atoms with E-state index in [1.54, 1.807) is 12.3 Å². The molecule has 70 valence electrons. The largest absolute Gasteiger partial charge is 0.339 e. The van der Waals surface area contributed by atoms with Crippen LogP contribution < -0.4 is 0 Å². The Morgan fingerprint density at radius 1 is 1.20 bits per heavy atom. The molecule has 0 saturated carbocycles. The van der Waals surface area contributed by atoms with E-state index in [9.17, 15) is 0 Å². The Kier molecular flexibility index (Phi) is 1.51. The Balaban J connectivity index is 2.53. The summed E-state index contributed by atoms with van der Waals surface area (Å²) < 4.78 is 0. The highest BCUT2D eigenvalue weighted by Gasteiger charge is 2.04. The molecule has 0 saturated heterocycles. The zero-order chi connectivity index (χ0) is 10.3. The van der Waals surface area contributed by atoms with Crippen LogP contribution in [0.25, 0.3) is 21.9 Å². The van der Waals surface area contributed by atoms with Crippen molar-refractivity contribution in [3.05, 3.63) is 42.1 Å². The van der Waals surface area contributed by atoms with E-state index in [1.165, 1.54) is 0 Å². The van der Waals surface area contributed by atoms with Crippen LogP contribution in [0, 0.1) is 11.3 Å². The maximum atomic E-state index is 8.83. The highest BCUT2D eigenvalue weighted by molar-refractivity contribution is 6.06. The van der Waals surface area contributed by atoms with E-state index >= 15 is 0 Å². The van der Waals surface area contributed by atoms with Crippen molar-refractivity contribution in [2.45, 2.75) is 0 Å². The van der Waals surface area contributed by atoms with Crippen molar-refractivity contribution in [3.63, 3.8) is 0 Å².